The lowest BCUT2D eigenvalue weighted by Gasteiger charge is -2.30. The van der Waals surface area contributed by atoms with Gasteiger partial charge in [0.1, 0.15) is 11.6 Å². The van der Waals surface area contributed by atoms with Crippen molar-refractivity contribution >= 4 is 34.0 Å². The van der Waals surface area contributed by atoms with Crippen molar-refractivity contribution in [1.29, 1.82) is 0 Å². The third kappa shape index (κ3) is 6.25. The van der Waals surface area contributed by atoms with Gasteiger partial charge < -0.3 is 20.7 Å². The van der Waals surface area contributed by atoms with E-state index >= 15 is 0 Å². The maximum absolute atomic E-state index is 13.4. The van der Waals surface area contributed by atoms with Gasteiger partial charge in [0, 0.05) is 25.6 Å². The summed E-state index contributed by atoms with van der Waals surface area (Å²) in [5.74, 6) is -2.13. The van der Waals surface area contributed by atoms with Gasteiger partial charge in [0.25, 0.3) is 11.8 Å². The molecule has 12 nitrogen and oxygen atoms in total. The zero-order chi connectivity index (χ0) is 26.6. The molecule has 0 radical (unpaired) electrons. The van der Waals surface area contributed by atoms with Gasteiger partial charge in [0.05, 0.1) is 0 Å². The predicted molar refractivity (Wildman–Crippen MR) is 133 cm³/mol. The second-order valence-electron chi connectivity index (χ2n) is 10.3. The molecule has 4 rings (SSSR count). The Morgan fingerprint density at radius 2 is 1.76 bits per heavy atom. The largest absolute Gasteiger partial charge is 0.436 e. The van der Waals surface area contributed by atoms with Crippen molar-refractivity contribution < 1.29 is 32.3 Å². The number of amides is 4. The molecule has 4 N–H and O–H groups in total. The fourth-order valence-electron chi connectivity index (χ4n) is 5.55. The minimum atomic E-state index is -4.04. The Morgan fingerprint density at radius 3 is 2.49 bits per heavy atom. The van der Waals surface area contributed by atoms with Gasteiger partial charge in [-0.25, -0.2) is 9.52 Å². The third-order valence-corrected chi connectivity index (χ3v) is 9.21. The van der Waals surface area contributed by atoms with Crippen LogP contribution < -0.4 is 15.8 Å². The van der Waals surface area contributed by atoms with Crippen LogP contribution in [-0.2, 0) is 29.3 Å². The van der Waals surface area contributed by atoms with Crippen molar-refractivity contribution in [3.8, 4) is 0 Å². The van der Waals surface area contributed by atoms with Gasteiger partial charge in [0.2, 0.25) is 5.91 Å². The van der Waals surface area contributed by atoms with E-state index in [1.165, 1.54) is 9.21 Å². The first-order valence-electron chi connectivity index (χ1n) is 13.2. The number of nitrogens with one attached hydrogen (secondary N) is 2. The number of piperidine rings is 1. The summed E-state index contributed by atoms with van der Waals surface area (Å²) in [4.78, 5) is 52.9. The Morgan fingerprint density at radius 1 is 1.03 bits per heavy atom. The molecule has 2 saturated heterocycles. The molecule has 0 spiro atoms. The first kappa shape index (κ1) is 27.4. The van der Waals surface area contributed by atoms with Gasteiger partial charge in [-0.15, -0.1) is 0 Å². The number of primary amides is 1. The first-order chi connectivity index (χ1) is 17.6. The predicted octanol–water partition coefficient (Wildman–Crippen LogP) is 0.683. The Labute approximate surface area is 217 Å². The quantitative estimate of drug-likeness (QED) is 0.441. The van der Waals surface area contributed by atoms with Gasteiger partial charge in [0.15, 0.2) is 6.10 Å². The molecule has 1 saturated carbocycles. The average Bonchev–Trinajstić information content (AvgIpc) is 3.32. The van der Waals surface area contributed by atoms with Crippen LogP contribution >= 0.6 is 0 Å². The molecule has 4 aliphatic rings. The summed E-state index contributed by atoms with van der Waals surface area (Å²) in [6.07, 6.45) is 8.58. The summed E-state index contributed by atoms with van der Waals surface area (Å²) in [5, 5.41) is 2.80. The third-order valence-electron chi connectivity index (χ3n) is 7.72. The molecule has 3 fully saturated rings. The topological polar surface area (TPSA) is 168 Å². The number of fused-ring (bicyclic) bond motifs is 2. The first-order valence-corrected chi connectivity index (χ1v) is 14.7. The van der Waals surface area contributed by atoms with Crippen LogP contribution in [0.25, 0.3) is 0 Å². The number of carbonyl (C=O) groups excluding carboxylic acids is 4. The Hall–Kier alpha value is -2.67. The van der Waals surface area contributed by atoms with Crippen LogP contribution in [0.2, 0.25) is 0 Å². The summed E-state index contributed by atoms with van der Waals surface area (Å²) < 4.78 is 34.3. The van der Waals surface area contributed by atoms with Crippen LogP contribution in [-0.4, -0.2) is 78.8 Å². The zero-order valence-corrected chi connectivity index (χ0v) is 21.8. The Kier molecular flexibility index (Phi) is 8.42. The van der Waals surface area contributed by atoms with Gasteiger partial charge in [-0.3, -0.25) is 14.4 Å². The number of nitrogens with two attached hydrogens (primary N) is 1. The molecule has 206 valence electrons. The zero-order valence-electron chi connectivity index (χ0n) is 21.0. The van der Waals surface area contributed by atoms with Crippen LogP contribution in [0.1, 0.15) is 70.6 Å². The number of allylic oxidation sites excluding steroid dienone is 1. The lowest BCUT2D eigenvalue weighted by Crippen LogP contribution is -2.58. The van der Waals surface area contributed by atoms with E-state index in [0.717, 1.165) is 38.5 Å². The van der Waals surface area contributed by atoms with E-state index in [2.05, 4.69) is 10.0 Å². The summed E-state index contributed by atoms with van der Waals surface area (Å²) in [5.41, 5.74) is 3.79. The molecular formula is C24H37N5O7S. The molecule has 0 aromatic heterocycles. The molecule has 0 aromatic carbocycles. The molecule has 3 heterocycles. The monoisotopic (exact) mass is 539 g/mol. The van der Waals surface area contributed by atoms with Gasteiger partial charge in [-0.05, 0) is 57.8 Å². The molecule has 1 aliphatic carbocycles. The fraction of sp³-hybridized carbons (Fsp3) is 0.750. The van der Waals surface area contributed by atoms with Crippen LogP contribution in [0, 0.1) is 5.92 Å². The Bertz CT molecular complexity index is 1040. The molecule has 4 amide bonds. The fourth-order valence-corrected chi connectivity index (χ4v) is 6.84. The number of hydrogen-bond donors (Lipinski definition) is 3. The maximum Gasteiger partial charge on any atom is 0.405 e. The number of rotatable bonds is 4. The standard InChI is InChI=1S/C24H37N5O7S/c25-23(33)36-19-12-6-3-1-2-5-10-17-16-24(17,26-20(30)18-11-9-15-29(18)21(19)31)22(32)27-37(34,35)28-13-7-4-8-14-28/h5,10,17-19H,1-4,6-9,11-16H2,(H2,25,33)(H,26,30)(H,27,32)/b10-5-. The molecule has 4 unspecified atom stereocenters. The van der Waals surface area contributed by atoms with Gasteiger partial charge in [-0.1, -0.05) is 25.0 Å². The second-order valence-corrected chi connectivity index (χ2v) is 12.0. The van der Waals surface area contributed by atoms with Crippen LogP contribution in [0.5, 0.6) is 0 Å². The van der Waals surface area contributed by atoms with E-state index in [-0.39, 0.29) is 12.3 Å². The summed E-state index contributed by atoms with van der Waals surface area (Å²) >= 11 is 0. The summed E-state index contributed by atoms with van der Waals surface area (Å²) in [6.45, 7) is 0.999. The maximum atomic E-state index is 13.4. The van der Waals surface area contributed by atoms with Crippen molar-refractivity contribution in [2.24, 2.45) is 11.7 Å². The highest BCUT2D eigenvalue weighted by atomic mass is 32.2. The normalized spacial score (nSPS) is 32.6. The molecule has 4 atom stereocenters. The Balaban J connectivity index is 1.55. The van der Waals surface area contributed by atoms with Crippen LogP contribution in [0.3, 0.4) is 0 Å². The number of nitrogens with zero attached hydrogens (tertiary/aromatic N) is 2. The van der Waals surface area contributed by atoms with Crippen molar-refractivity contribution in [2.45, 2.75) is 88.3 Å². The highest BCUT2D eigenvalue weighted by molar-refractivity contribution is 7.87. The SMILES string of the molecule is NC(=O)OC1CCCCC/C=C\C2CC2(C(=O)NS(=O)(=O)N2CCCCC2)NC(=O)C2CCCN2C1=O. The molecular weight excluding hydrogens is 502 g/mol. The van der Waals surface area contributed by atoms with E-state index in [0.29, 0.717) is 45.3 Å². The van der Waals surface area contributed by atoms with Gasteiger partial charge in [-0.2, -0.15) is 12.7 Å². The highest BCUT2D eigenvalue weighted by Gasteiger charge is 2.61. The van der Waals surface area contributed by atoms with Crippen molar-refractivity contribution in [2.75, 3.05) is 19.6 Å². The van der Waals surface area contributed by atoms with Crippen molar-refractivity contribution in [1.82, 2.24) is 19.2 Å². The number of ether oxygens (including phenoxy) is 1. The smallest absolute Gasteiger partial charge is 0.405 e. The minimum Gasteiger partial charge on any atom is -0.436 e. The molecule has 13 heteroatoms. The molecule has 3 aliphatic heterocycles. The lowest BCUT2D eigenvalue weighted by molar-refractivity contribution is -0.146. The summed E-state index contributed by atoms with van der Waals surface area (Å²) in [7, 11) is -4.04. The highest BCUT2D eigenvalue weighted by Crippen LogP contribution is 2.45. The van der Waals surface area contributed by atoms with Crippen molar-refractivity contribution in [3.63, 3.8) is 0 Å². The van der Waals surface area contributed by atoms with E-state index in [1.807, 2.05) is 12.2 Å². The van der Waals surface area contributed by atoms with E-state index in [4.69, 9.17) is 10.5 Å². The van der Waals surface area contributed by atoms with E-state index in [9.17, 15) is 27.6 Å². The number of hydrogen-bond acceptors (Lipinski definition) is 7. The molecule has 0 bridgehead atoms. The lowest BCUT2D eigenvalue weighted by atomic mass is 10.1. The van der Waals surface area contributed by atoms with E-state index in [1.54, 1.807) is 0 Å². The summed E-state index contributed by atoms with van der Waals surface area (Å²) in [6, 6.07) is -0.856. The van der Waals surface area contributed by atoms with Gasteiger partial charge >= 0.3 is 16.3 Å². The second kappa shape index (κ2) is 11.4. The minimum absolute atomic E-state index is 0.269. The molecule has 37 heavy (non-hydrogen) atoms. The van der Waals surface area contributed by atoms with Crippen molar-refractivity contribution in [3.05, 3.63) is 12.2 Å². The number of carbonyl (C=O) groups is 4. The molecule has 0 aromatic rings. The van der Waals surface area contributed by atoms with E-state index < -0.39 is 51.7 Å². The average molecular weight is 540 g/mol. The van der Waals surface area contributed by atoms with Crippen LogP contribution in [0.4, 0.5) is 4.79 Å². The van der Waals surface area contributed by atoms with Crippen LogP contribution in [0.15, 0.2) is 12.2 Å².